The third-order valence-corrected chi connectivity index (χ3v) is 9.32. The number of likely N-dealkylation sites (N-methyl/N-ethyl adjacent to an activating group) is 1. The van der Waals surface area contributed by atoms with E-state index < -0.39 is 0 Å². The van der Waals surface area contributed by atoms with E-state index in [1.807, 2.05) is 12.1 Å². The van der Waals surface area contributed by atoms with Crippen LogP contribution >= 0.6 is 0 Å². The Morgan fingerprint density at radius 3 is 2.79 bits per heavy atom. The molecule has 3 atom stereocenters. The normalized spacial score (nSPS) is 22.0. The Morgan fingerprint density at radius 1 is 1.21 bits per heavy atom. The zero-order valence-electron chi connectivity index (χ0n) is 25.3. The van der Waals surface area contributed by atoms with Gasteiger partial charge in [0.15, 0.2) is 6.29 Å². The summed E-state index contributed by atoms with van der Waals surface area (Å²) in [5, 5.41) is 9.52. The van der Waals surface area contributed by atoms with Crippen molar-refractivity contribution in [2.24, 2.45) is 5.92 Å². The third kappa shape index (κ3) is 6.83. The Bertz CT molecular complexity index is 1370. The van der Waals surface area contributed by atoms with Gasteiger partial charge in [0.1, 0.15) is 23.9 Å². The number of carbonyl (C=O) groups excluding carboxylic acids is 2. The molecule has 2 saturated heterocycles. The van der Waals surface area contributed by atoms with Crippen molar-refractivity contribution in [3.63, 3.8) is 0 Å². The van der Waals surface area contributed by atoms with Gasteiger partial charge in [-0.2, -0.15) is 15.2 Å². The molecular weight excluding hydrogens is 544 g/mol. The van der Waals surface area contributed by atoms with Gasteiger partial charge in [0.2, 0.25) is 5.91 Å². The van der Waals surface area contributed by atoms with Crippen molar-refractivity contribution in [2.45, 2.75) is 63.5 Å². The van der Waals surface area contributed by atoms with Crippen LogP contribution in [0.2, 0.25) is 0 Å². The van der Waals surface area contributed by atoms with Crippen molar-refractivity contribution in [3.8, 4) is 17.8 Å². The second kappa shape index (κ2) is 14.0. The van der Waals surface area contributed by atoms with Gasteiger partial charge in [-0.1, -0.05) is 18.7 Å². The molecule has 2 fully saturated rings. The van der Waals surface area contributed by atoms with E-state index in [9.17, 15) is 14.9 Å². The number of hydrogen-bond donors (Lipinski definition) is 0. The second-order valence-corrected chi connectivity index (χ2v) is 11.8. The van der Waals surface area contributed by atoms with E-state index in [4.69, 9.17) is 14.5 Å². The first-order valence-electron chi connectivity index (χ1n) is 15.3. The fourth-order valence-electron chi connectivity index (χ4n) is 6.86. The minimum absolute atomic E-state index is 0.185. The zero-order chi connectivity index (χ0) is 30.3. The van der Waals surface area contributed by atoms with E-state index >= 15 is 0 Å². The molecule has 1 aliphatic carbocycles. The molecule has 2 unspecified atom stereocenters. The molecule has 0 saturated carbocycles. The third-order valence-electron chi connectivity index (χ3n) is 9.32. The van der Waals surface area contributed by atoms with E-state index in [1.54, 1.807) is 12.0 Å². The van der Waals surface area contributed by atoms with Crippen LogP contribution in [0.4, 0.5) is 5.82 Å². The lowest BCUT2D eigenvalue weighted by Crippen LogP contribution is -2.55. The predicted molar refractivity (Wildman–Crippen MR) is 164 cm³/mol. The number of likely N-dealkylation sites (tertiary alicyclic amines) is 1. The number of nitriles is 1. The Morgan fingerprint density at radius 2 is 2.07 bits per heavy atom. The number of piperazine rings is 1. The van der Waals surface area contributed by atoms with Crippen LogP contribution in [0.1, 0.15) is 59.3 Å². The maximum atomic E-state index is 12.5. The molecular formula is C33H42N6O4. The number of anilines is 1. The second-order valence-electron chi connectivity index (χ2n) is 11.8. The molecule has 0 bridgehead atoms. The quantitative estimate of drug-likeness (QED) is 0.288. The maximum absolute atomic E-state index is 12.5. The first-order valence-corrected chi connectivity index (χ1v) is 15.3. The van der Waals surface area contributed by atoms with Crippen LogP contribution in [0.3, 0.4) is 0 Å². The number of aromatic nitrogens is 2. The van der Waals surface area contributed by atoms with Crippen LogP contribution in [-0.4, -0.2) is 91.0 Å². The number of aldehydes is 1. The van der Waals surface area contributed by atoms with Gasteiger partial charge in [-0.25, -0.2) is 0 Å². The van der Waals surface area contributed by atoms with Crippen LogP contribution < -0.4 is 14.4 Å². The van der Waals surface area contributed by atoms with Crippen LogP contribution in [0.25, 0.3) is 0 Å². The molecule has 2 aromatic rings. The standard InChI is InChI=1S/C33H42N6O4/c1-4-31(41)39-18-17-38(20-25(39)14-15-34)32-28(13-11-23-10-12-27-24(19-23)7-5-9-30(27)42-3)29(21-40)35-33(36-32)43-22-26-8-6-16-37(26)2/h4-5,7,9,21,23,25-26H,1,6,8,10-14,16-20,22H2,2-3H3/t23-,25?,26?/m1/s1. The Balaban J connectivity index is 1.40. The summed E-state index contributed by atoms with van der Waals surface area (Å²) in [7, 11) is 3.81. The number of carbonyl (C=O) groups is 2. The summed E-state index contributed by atoms with van der Waals surface area (Å²) < 4.78 is 11.7. The van der Waals surface area contributed by atoms with Crippen molar-refractivity contribution in [1.82, 2.24) is 19.8 Å². The van der Waals surface area contributed by atoms with Crippen molar-refractivity contribution < 1.29 is 19.1 Å². The first-order chi connectivity index (χ1) is 20.9. The van der Waals surface area contributed by atoms with Gasteiger partial charge < -0.3 is 24.2 Å². The summed E-state index contributed by atoms with van der Waals surface area (Å²) in [4.78, 5) is 40.5. The molecule has 43 heavy (non-hydrogen) atoms. The van der Waals surface area contributed by atoms with E-state index in [1.165, 1.54) is 17.2 Å². The van der Waals surface area contributed by atoms with Gasteiger partial charge in [-0.05, 0) is 87.7 Å². The molecule has 228 valence electrons. The summed E-state index contributed by atoms with van der Waals surface area (Å²) in [6.45, 7) is 6.50. The van der Waals surface area contributed by atoms with E-state index in [2.05, 4.69) is 40.5 Å². The Hall–Kier alpha value is -3.97. The molecule has 1 aromatic heterocycles. The fourth-order valence-corrected chi connectivity index (χ4v) is 6.86. The molecule has 10 heteroatoms. The largest absolute Gasteiger partial charge is 0.496 e. The molecule has 0 N–H and O–H groups in total. The lowest BCUT2D eigenvalue weighted by Gasteiger charge is -2.41. The van der Waals surface area contributed by atoms with Crippen molar-refractivity contribution in [3.05, 3.63) is 53.2 Å². The Labute approximate surface area is 254 Å². The van der Waals surface area contributed by atoms with E-state index in [0.29, 0.717) is 50.1 Å². The van der Waals surface area contributed by atoms with Crippen molar-refractivity contribution in [1.29, 1.82) is 5.26 Å². The van der Waals surface area contributed by atoms with Crippen molar-refractivity contribution in [2.75, 3.05) is 51.8 Å². The van der Waals surface area contributed by atoms with Crippen molar-refractivity contribution >= 4 is 18.0 Å². The number of fused-ring (bicyclic) bond motifs is 1. The lowest BCUT2D eigenvalue weighted by atomic mass is 9.80. The smallest absolute Gasteiger partial charge is 0.319 e. The molecule has 5 rings (SSSR count). The van der Waals surface area contributed by atoms with Gasteiger partial charge in [0, 0.05) is 31.2 Å². The first kappa shape index (κ1) is 30.5. The summed E-state index contributed by atoms with van der Waals surface area (Å²) in [5.74, 6) is 1.89. The number of amides is 1. The summed E-state index contributed by atoms with van der Waals surface area (Å²) in [6, 6.07) is 8.65. The highest BCUT2D eigenvalue weighted by Gasteiger charge is 2.33. The minimum Gasteiger partial charge on any atom is -0.496 e. The average Bonchev–Trinajstić information content (AvgIpc) is 3.46. The summed E-state index contributed by atoms with van der Waals surface area (Å²) >= 11 is 0. The van der Waals surface area contributed by atoms with Crippen LogP contribution in [0.5, 0.6) is 11.8 Å². The SMILES string of the molecule is C=CC(=O)N1CCN(c2nc(OCC3CCCN3C)nc(C=O)c2CC[C@H]2CCc3c(cccc3OC)C2)CC1CC#N. The zero-order valence-corrected chi connectivity index (χ0v) is 25.3. The Kier molecular flexibility index (Phi) is 9.93. The summed E-state index contributed by atoms with van der Waals surface area (Å²) in [6.07, 6.45) is 8.97. The topological polar surface area (TPSA) is 112 Å². The van der Waals surface area contributed by atoms with Gasteiger partial charge >= 0.3 is 6.01 Å². The van der Waals surface area contributed by atoms with E-state index in [-0.39, 0.29) is 30.4 Å². The maximum Gasteiger partial charge on any atom is 0.319 e. The lowest BCUT2D eigenvalue weighted by molar-refractivity contribution is -0.128. The molecule has 3 aliphatic rings. The van der Waals surface area contributed by atoms with Gasteiger partial charge in [-0.3, -0.25) is 9.59 Å². The molecule has 1 amide bonds. The molecule has 2 aliphatic heterocycles. The summed E-state index contributed by atoms with van der Waals surface area (Å²) in [5.41, 5.74) is 3.77. The highest BCUT2D eigenvalue weighted by molar-refractivity contribution is 5.87. The van der Waals surface area contributed by atoms with E-state index in [0.717, 1.165) is 62.7 Å². The number of ether oxygens (including phenoxy) is 2. The molecule has 1 aromatic carbocycles. The number of methoxy groups -OCH3 is 1. The minimum atomic E-state index is -0.312. The fraction of sp³-hybridized carbons (Fsp3) is 0.545. The highest BCUT2D eigenvalue weighted by Crippen LogP contribution is 2.35. The monoisotopic (exact) mass is 586 g/mol. The van der Waals surface area contributed by atoms with Gasteiger partial charge in [0.25, 0.3) is 0 Å². The predicted octanol–water partition coefficient (Wildman–Crippen LogP) is 3.63. The van der Waals surface area contributed by atoms with Gasteiger partial charge in [0.05, 0.1) is 25.6 Å². The van der Waals surface area contributed by atoms with Gasteiger partial charge in [-0.15, -0.1) is 0 Å². The molecule has 0 radical (unpaired) electrons. The van der Waals surface area contributed by atoms with Crippen LogP contribution in [0.15, 0.2) is 30.9 Å². The molecule has 10 nitrogen and oxygen atoms in total. The number of benzene rings is 1. The highest BCUT2D eigenvalue weighted by atomic mass is 16.5. The number of nitrogens with zero attached hydrogens (tertiary/aromatic N) is 6. The molecule has 3 heterocycles. The number of hydrogen-bond acceptors (Lipinski definition) is 9. The number of rotatable bonds is 11. The average molecular weight is 587 g/mol. The molecule has 0 spiro atoms. The van der Waals surface area contributed by atoms with Crippen LogP contribution in [0, 0.1) is 17.2 Å². The van der Waals surface area contributed by atoms with Crippen LogP contribution in [-0.2, 0) is 24.1 Å².